The molecule has 22 heavy (non-hydrogen) atoms. The molecule has 0 aliphatic carbocycles. The summed E-state index contributed by atoms with van der Waals surface area (Å²) in [6.45, 7) is 0.760. The highest BCUT2D eigenvalue weighted by atomic mass is 16.5. The molecule has 0 fully saturated rings. The highest BCUT2D eigenvalue weighted by Gasteiger charge is 2.03. The Morgan fingerprint density at radius 1 is 1.18 bits per heavy atom. The molecule has 0 saturated carbocycles. The number of benzene rings is 1. The molecule has 0 atom stereocenters. The number of ether oxygens (including phenoxy) is 1. The third kappa shape index (κ3) is 3.22. The van der Waals surface area contributed by atoms with Crippen molar-refractivity contribution in [1.29, 1.82) is 0 Å². The molecule has 1 N–H and O–H groups in total. The average Bonchev–Trinajstić information content (AvgIpc) is 3.10. The lowest BCUT2D eigenvalue weighted by atomic mass is 10.1. The first kappa shape index (κ1) is 14.1. The van der Waals surface area contributed by atoms with E-state index in [1.165, 1.54) is 11.9 Å². The van der Waals surface area contributed by atoms with Gasteiger partial charge in [-0.05, 0) is 24.1 Å². The summed E-state index contributed by atoms with van der Waals surface area (Å²) in [5, 5.41) is 7.46. The monoisotopic (exact) mass is 295 g/mol. The summed E-state index contributed by atoms with van der Waals surface area (Å²) in [5.41, 5.74) is 1.17. The summed E-state index contributed by atoms with van der Waals surface area (Å²) < 4.78 is 7.05. The zero-order valence-electron chi connectivity index (χ0n) is 12.3. The van der Waals surface area contributed by atoms with Crippen LogP contribution in [-0.2, 0) is 6.42 Å². The number of aromatic nitrogens is 4. The van der Waals surface area contributed by atoms with Gasteiger partial charge in [0.05, 0.1) is 7.11 Å². The summed E-state index contributed by atoms with van der Waals surface area (Å²) in [6, 6.07) is 11.7. The number of rotatable bonds is 6. The van der Waals surface area contributed by atoms with Gasteiger partial charge in [-0.15, -0.1) is 0 Å². The number of para-hydroxylation sites is 1. The van der Waals surface area contributed by atoms with E-state index in [9.17, 15) is 0 Å². The van der Waals surface area contributed by atoms with Crippen LogP contribution in [0.15, 0.2) is 55.1 Å². The summed E-state index contributed by atoms with van der Waals surface area (Å²) in [5.74, 6) is 2.42. The van der Waals surface area contributed by atoms with Gasteiger partial charge in [-0.25, -0.2) is 14.6 Å². The van der Waals surface area contributed by atoms with Crippen LogP contribution >= 0.6 is 0 Å². The van der Waals surface area contributed by atoms with Crippen molar-refractivity contribution in [3.8, 4) is 11.6 Å². The van der Waals surface area contributed by atoms with Crippen molar-refractivity contribution in [2.75, 3.05) is 19.0 Å². The zero-order chi connectivity index (χ0) is 15.2. The molecule has 0 saturated heterocycles. The first-order valence-electron chi connectivity index (χ1n) is 7.04. The van der Waals surface area contributed by atoms with Crippen LogP contribution in [0.25, 0.3) is 5.82 Å². The molecule has 0 spiro atoms. The molecule has 0 aliphatic rings. The number of nitrogens with one attached hydrogen (secondary N) is 1. The minimum absolute atomic E-state index is 0.736. The Kier molecular flexibility index (Phi) is 4.29. The molecule has 0 aliphatic heterocycles. The van der Waals surface area contributed by atoms with E-state index in [1.807, 2.05) is 36.5 Å². The van der Waals surface area contributed by atoms with Gasteiger partial charge in [-0.3, -0.25) is 0 Å². The molecule has 3 aromatic rings. The maximum Gasteiger partial charge on any atom is 0.158 e. The third-order valence-electron chi connectivity index (χ3n) is 3.28. The van der Waals surface area contributed by atoms with E-state index in [1.54, 1.807) is 18.0 Å². The fraction of sp³-hybridized carbons (Fsp3) is 0.188. The highest BCUT2D eigenvalue weighted by Crippen LogP contribution is 2.17. The lowest BCUT2D eigenvalue weighted by Gasteiger charge is -2.09. The second-order valence-corrected chi connectivity index (χ2v) is 4.70. The fourth-order valence-electron chi connectivity index (χ4n) is 2.21. The third-order valence-corrected chi connectivity index (χ3v) is 3.28. The quantitative estimate of drug-likeness (QED) is 0.756. The molecule has 0 amide bonds. The number of hydrogen-bond donors (Lipinski definition) is 1. The maximum atomic E-state index is 5.35. The Labute approximate surface area is 128 Å². The van der Waals surface area contributed by atoms with Gasteiger partial charge in [0.15, 0.2) is 5.82 Å². The molecule has 6 nitrogen and oxygen atoms in total. The van der Waals surface area contributed by atoms with Crippen LogP contribution in [0.4, 0.5) is 5.82 Å². The standard InChI is InChI=1S/C16H17N5O/c1-22-14-6-3-2-5-13(14)7-9-17-15-11-16(19-12-18-15)21-10-4-8-20-21/h2-6,8,10-12H,7,9H2,1H3,(H,17,18,19). The maximum absolute atomic E-state index is 5.35. The molecular weight excluding hydrogens is 278 g/mol. The highest BCUT2D eigenvalue weighted by molar-refractivity contribution is 5.41. The lowest BCUT2D eigenvalue weighted by Crippen LogP contribution is -2.08. The molecule has 112 valence electrons. The molecule has 2 heterocycles. The molecule has 1 aromatic carbocycles. The molecular formula is C16H17N5O. The topological polar surface area (TPSA) is 64.9 Å². The minimum Gasteiger partial charge on any atom is -0.496 e. The number of nitrogens with zero attached hydrogens (tertiary/aromatic N) is 4. The number of methoxy groups -OCH3 is 1. The van der Waals surface area contributed by atoms with Gasteiger partial charge in [0.2, 0.25) is 0 Å². The van der Waals surface area contributed by atoms with E-state index >= 15 is 0 Å². The number of anilines is 1. The molecule has 6 heteroatoms. The van der Waals surface area contributed by atoms with Crippen molar-refractivity contribution in [1.82, 2.24) is 19.7 Å². The Morgan fingerprint density at radius 2 is 2.09 bits per heavy atom. The Morgan fingerprint density at radius 3 is 2.91 bits per heavy atom. The summed E-state index contributed by atoms with van der Waals surface area (Å²) in [7, 11) is 1.69. The van der Waals surface area contributed by atoms with Gasteiger partial charge in [0, 0.05) is 25.0 Å². The molecule has 3 rings (SSSR count). The van der Waals surface area contributed by atoms with E-state index in [2.05, 4.69) is 26.4 Å². The van der Waals surface area contributed by atoms with E-state index in [4.69, 9.17) is 4.74 Å². The van der Waals surface area contributed by atoms with Crippen LogP contribution in [0.1, 0.15) is 5.56 Å². The Hall–Kier alpha value is -2.89. The first-order valence-corrected chi connectivity index (χ1v) is 7.04. The van der Waals surface area contributed by atoms with Crippen LogP contribution in [0.3, 0.4) is 0 Å². The van der Waals surface area contributed by atoms with Crippen molar-refractivity contribution >= 4 is 5.82 Å². The van der Waals surface area contributed by atoms with E-state index < -0.39 is 0 Å². The Balaban J connectivity index is 1.63. The smallest absolute Gasteiger partial charge is 0.158 e. The molecule has 0 bridgehead atoms. The van der Waals surface area contributed by atoms with Crippen molar-refractivity contribution < 1.29 is 4.74 Å². The van der Waals surface area contributed by atoms with E-state index in [-0.39, 0.29) is 0 Å². The van der Waals surface area contributed by atoms with Gasteiger partial charge >= 0.3 is 0 Å². The van der Waals surface area contributed by atoms with Gasteiger partial charge < -0.3 is 10.1 Å². The van der Waals surface area contributed by atoms with Crippen molar-refractivity contribution in [2.24, 2.45) is 0 Å². The normalized spacial score (nSPS) is 10.4. The van der Waals surface area contributed by atoms with E-state index in [0.29, 0.717) is 0 Å². The minimum atomic E-state index is 0.736. The van der Waals surface area contributed by atoms with Gasteiger partial charge in [0.1, 0.15) is 17.9 Å². The molecule has 0 unspecified atom stereocenters. The van der Waals surface area contributed by atoms with Crippen LogP contribution in [0, 0.1) is 0 Å². The molecule has 0 radical (unpaired) electrons. The summed E-state index contributed by atoms with van der Waals surface area (Å²) in [6.07, 6.45) is 5.95. The van der Waals surface area contributed by atoms with Gasteiger partial charge in [-0.1, -0.05) is 18.2 Å². The predicted octanol–water partition coefficient (Wildman–Crippen LogP) is 2.33. The van der Waals surface area contributed by atoms with Gasteiger partial charge in [0.25, 0.3) is 0 Å². The lowest BCUT2D eigenvalue weighted by molar-refractivity contribution is 0.410. The van der Waals surface area contributed by atoms with Crippen LogP contribution in [0.5, 0.6) is 5.75 Å². The second kappa shape index (κ2) is 6.71. The summed E-state index contributed by atoms with van der Waals surface area (Å²) in [4.78, 5) is 8.43. The van der Waals surface area contributed by atoms with Gasteiger partial charge in [-0.2, -0.15) is 5.10 Å². The second-order valence-electron chi connectivity index (χ2n) is 4.70. The fourth-order valence-corrected chi connectivity index (χ4v) is 2.21. The van der Waals surface area contributed by atoms with Crippen molar-refractivity contribution in [3.05, 3.63) is 60.7 Å². The predicted molar refractivity (Wildman–Crippen MR) is 84.3 cm³/mol. The van der Waals surface area contributed by atoms with Crippen LogP contribution in [-0.4, -0.2) is 33.4 Å². The van der Waals surface area contributed by atoms with Crippen LogP contribution < -0.4 is 10.1 Å². The van der Waals surface area contributed by atoms with Crippen molar-refractivity contribution in [3.63, 3.8) is 0 Å². The van der Waals surface area contributed by atoms with E-state index in [0.717, 1.165) is 30.4 Å². The van der Waals surface area contributed by atoms with Crippen molar-refractivity contribution in [2.45, 2.75) is 6.42 Å². The average molecular weight is 295 g/mol. The zero-order valence-corrected chi connectivity index (χ0v) is 12.3. The largest absolute Gasteiger partial charge is 0.496 e. The SMILES string of the molecule is COc1ccccc1CCNc1cc(-n2cccn2)ncn1. The Bertz CT molecular complexity index is 727. The first-order chi connectivity index (χ1) is 10.9. The number of hydrogen-bond acceptors (Lipinski definition) is 5. The summed E-state index contributed by atoms with van der Waals surface area (Å²) >= 11 is 0. The van der Waals surface area contributed by atoms with Crippen LogP contribution in [0.2, 0.25) is 0 Å². The molecule has 2 aromatic heterocycles.